The third kappa shape index (κ3) is 12.9. The van der Waals surface area contributed by atoms with Crippen molar-refractivity contribution in [3.05, 3.63) is 157 Å². The molecule has 0 aliphatic heterocycles. The highest BCUT2D eigenvalue weighted by molar-refractivity contribution is 5.90. The van der Waals surface area contributed by atoms with E-state index >= 15 is 0 Å². The zero-order chi connectivity index (χ0) is 33.7. The van der Waals surface area contributed by atoms with Crippen molar-refractivity contribution in [2.75, 3.05) is 24.3 Å². The molecule has 0 amide bonds. The van der Waals surface area contributed by atoms with Crippen molar-refractivity contribution in [3.8, 4) is 0 Å². The lowest BCUT2D eigenvalue weighted by atomic mass is 9.99. The van der Waals surface area contributed by atoms with E-state index in [1.165, 1.54) is 6.92 Å². The number of hydrogen-bond acceptors (Lipinski definition) is 8. The highest BCUT2D eigenvalue weighted by Crippen LogP contribution is 2.27. The molecule has 0 spiro atoms. The zero-order valence-corrected chi connectivity index (χ0v) is 26.6. The molecule has 0 heterocycles. The van der Waals surface area contributed by atoms with Crippen LogP contribution in [0.4, 0.5) is 11.4 Å². The van der Waals surface area contributed by atoms with E-state index in [4.69, 9.17) is 19.9 Å². The number of nitrogens with two attached hydrogens (primary N) is 1. The average molecular weight is 623 g/mol. The highest BCUT2D eigenvalue weighted by Gasteiger charge is 2.24. The van der Waals surface area contributed by atoms with E-state index in [0.29, 0.717) is 17.7 Å². The van der Waals surface area contributed by atoms with Crippen LogP contribution >= 0.6 is 0 Å². The molecule has 1 unspecified atom stereocenters. The summed E-state index contributed by atoms with van der Waals surface area (Å²) in [6, 6.07) is 37.6. The first-order chi connectivity index (χ1) is 22.2. The van der Waals surface area contributed by atoms with Crippen LogP contribution in [0, 0.1) is 0 Å². The lowest BCUT2D eigenvalue weighted by molar-refractivity contribution is -0.148. The van der Waals surface area contributed by atoms with Crippen LogP contribution in [0.3, 0.4) is 0 Å². The SMILES string of the molecule is C=C(C(=O)OCC)C(OC(C)=O)c1ccccc1.C=C(C(=O)OCC)[C@@H](Nc1ccccc1)c1ccccc1.Nc1ccccc1. The molecular formula is C38H42N2O6. The largest absolute Gasteiger partial charge is 0.463 e. The van der Waals surface area contributed by atoms with Crippen LogP contribution < -0.4 is 11.1 Å². The molecular weight excluding hydrogens is 580 g/mol. The van der Waals surface area contributed by atoms with E-state index in [9.17, 15) is 14.4 Å². The van der Waals surface area contributed by atoms with Crippen molar-refractivity contribution in [2.24, 2.45) is 0 Å². The smallest absolute Gasteiger partial charge is 0.337 e. The molecule has 0 fully saturated rings. The van der Waals surface area contributed by atoms with Crippen molar-refractivity contribution in [2.45, 2.75) is 32.9 Å². The standard InChI is InChI=1S/C18H19NO2.C14H16O4.C6H7N/c1-3-21-18(20)14(2)17(15-10-6-4-7-11-15)19-16-12-8-5-9-13-16;1-4-17-14(16)10(2)13(18-11(3)15)12-8-6-5-7-9-12;7-6-4-2-1-3-5-6/h4-13,17,19H,2-3H2,1H3;5-9,13H,2,4H2,1,3H3;1-5H,7H2/t17-;;/m1../s1. The second kappa shape index (κ2) is 20.3. The van der Waals surface area contributed by atoms with Gasteiger partial charge in [0.1, 0.15) is 0 Å². The summed E-state index contributed by atoms with van der Waals surface area (Å²) < 4.78 is 15.0. The van der Waals surface area contributed by atoms with Crippen molar-refractivity contribution >= 4 is 29.3 Å². The van der Waals surface area contributed by atoms with E-state index in [0.717, 1.165) is 16.9 Å². The Morgan fingerprint density at radius 2 is 1.07 bits per heavy atom. The molecule has 2 atom stereocenters. The minimum absolute atomic E-state index is 0.109. The Balaban J connectivity index is 0.000000267. The van der Waals surface area contributed by atoms with Gasteiger partial charge in [0.15, 0.2) is 6.10 Å². The number of para-hydroxylation sites is 2. The van der Waals surface area contributed by atoms with E-state index in [-0.39, 0.29) is 24.2 Å². The number of nitrogen functional groups attached to an aromatic ring is 1. The second-order valence-corrected chi connectivity index (χ2v) is 9.66. The monoisotopic (exact) mass is 622 g/mol. The maximum absolute atomic E-state index is 12.0. The first-order valence-corrected chi connectivity index (χ1v) is 14.8. The Morgan fingerprint density at radius 1 is 0.652 bits per heavy atom. The van der Waals surface area contributed by atoms with Crippen LogP contribution in [0.2, 0.25) is 0 Å². The quantitative estimate of drug-likeness (QED) is 0.0759. The van der Waals surface area contributed by atoms with Gasteiger partial charge >= 0.3 is 17.9 Å². The molecule has 8 heteroatoms. The third-order valence-electron chi connectivity index (χ3n) is 6.14. The summed E-state index contributed by atoms with van der Waals surface area (Å²) in [5, 5.41) is 3.33. The van der Waals surface area contributed by atoms with E-state index in [1.54, 1.807) is 38.1 Å². The third-order valence-corrected chi connectivity index (χ3v) is 6.14. The summed E-state index contributed by atoms with van der Waals surface area (Å²) in [4.78, 5) is 34.7. The molecule has 3 N–H and O–H groups in total. The lowest BCUT2D eigenvalue weighted by Gasteiger charge is -2.21. The minimum atomic E-state index is -0.803. The molecule has 0 saturated carbocycles. The second-order valence-electron chi connectivity index (χ2n) is 9.66. The van der Waals surface area contributed by atoms with Gasteiger partial charge in [0, 0.05) is 18.3 Å². The molecule has 240 valence electrons. The number of rotatable bonds is 11. The molecule has 0 aliphatic carbocycles. The molecule has 8 nitrogen and oxygen atoms in total. The van der Waals surface area contributed by atoms with Crippen molar-refractivity contribution in [1.82, 2.24) is 0 Å². The van der Waals surface area contributed by atoms with Crippen molar-refractivity contribution in [3.63, 3.8) is 0 Å². The Morgan fingerprint density at radius 3 is 1.48 bits per heavy atom. The number of nitrogens with one attached hydrogen (secondary N) is 1. The number of ether oxygens (including phenoxy) is 3. The van der Waals surface area contributed by atoms with E-state index in [2.05, 4.69) is 18.5 Å². The number of carbonyl (C=O) groups is 3. The van der Waals surface area contributed by atoms with Gasteiger partial charge in [0.05, 0.1) is 30.4 Å². The lowest BCUT2D eigenvalue weighted by Crippen LogP contribution is -2.20. The van der Waals surface area contributed by atoms with Gasteiger partial charge in [0.25, 0.3) is 0 Å². The van der Waals surface area contributed by atoms with E-state index < -0.39 is 18.0 Å². The average Bonchev–Trinajstić information content (AvgIpc) is 3.08. The maximum Gasteiger partial charge on any atom is 0.337 e. The van der Waals surface area contributed by atoms with Crippen molar-refractivity contribution < 1.29 is 28.6 Å². The number of benzene rings is 4. The summed E-state index contributed by atoms with van der Waals surface area (Å²) >= 11 is 0. The maximum atomic E-state index is 12.0. The van der Waals surface area contributed by atoms with E-state index in [1.807, 2.05) is 97.1 Å². The Labute approximate surface area is 271 Å². The zero-order valence-electron chi connectivity index (χ0n) is 26.6. The summed E-state index contributed by atoms with van der Waals surface area (Å²) in [5.74, 6) is -1.42. The fourth-order valence-corrected chi connectivity index (χ4v) is 3.98. The van der Waals surface area contributed by atoms with Gasteiger partial charge in [-0.15, -0.1) is 0 Å². The van der Waals surface area contributed by atoms with Crippen LogP contribution in [0.1, 0.15) is 44.0 Å². The number of anilines is 2. The topological polar surface area (TPSA) is 117 Å². The van der Waals surface area contributed by atoms with Crippen LogP contribution in [0.15, 0.2) is 146 Å². The molecule has 0 saturated heterocycles. The number of carbonyl (C=O) groups excluding carboxylic acids is 3. The number of hydrogen-bond donors (Lipinski definition) is 2. The predicted octanol–water partition coefficient (Wildman–Crippen LogP) is 7.64. The fraction of sp³-hybridized carbons (Fsp3) is 0.184. The van der Waals surface area contributed by atoms with Gasteiger partial charge < -0.3 is 25.3 Å². The van der Waals surface area contributed by atoms with Gasteiger partial charge in [-0.3, -0.25) is 4.79 Å². The molecule has 4 aromatic rings. The first kappa shape index (κ1) is 36.6. The molecule has 0 radical (unpaired) electrons. The summed E-state index contributed by atoms with van der Waals surface area (Å²) in [5.41, 5.74) is 9.27. The van der Waals surface area contributed by atoms with Crippen LogP contribution in [-0.2, 0) is 28.6 Å². The molecule has 46 heavy (non-hydrogen) atoms. The molecule has 4 rings (SSSR count). The Hall–Kier alpha value is -5.63. The van der Waals surface area contributed by atoms with Crippen LogP contribution in [0.5, 0.6) is 0 Å². The molecule has 0 aromatic heterocycles. The van der Waals surface area contributed by atoms with Crippen LogP contribution in [-0.4, -0.2) is 31.1 Å². The minimum Gasteiger partial charge on any atom is -0.463 e. The summed E-state index contributed by atoms with van der Waals surface area (Å²) in [7, 11) is 0. The Kier molecular flexibility index (Phi) is 16.2. The number of esters is 3. The first-order valence-electron chi connectivity index (χ1n) is 14.8. The summed E-state index contributed by atoms with van der Waals surface area (Å²) in [6.07, 6.45) is -0.803. The van der Waals surface area contributed by atoms with Gasteiger partial charge in [-0.2, -0.15) is 0 Å². The molecule has 4 aromatic carbocycles. The van der Waals surface area contributed by atoms with Gasteiger partial charge in [-0.25, -0.2) is 9.59 Å². The Bertz CT molecular complexity index is 1510. The van der Waals surface area contributed by atoms with Crippen LogP contribution in [0.25, 0.3) is 0 Å². The van der Waals surface area contributed by atoms with Crippen molar-refractivity contribution in [1.29, 1.82) is 0 Å². The van der Waals surface area contributed by atoms with Gasteiger partial charge in [0.2, 0.25) is 0 Å². The van der Waals surface area contributed by atoms with Gasteiger partial charge in [-0.05, 0) is 49.2 Å². The summed E-state index contributed by atoms with van der Waals surface area (Å²) in [6.45, 7) is 12.9. The van der Waals surface area contributed by atoms with Gasteiger partial charge in [-0.1, -0.05) is 110 Å². The highest BCUT2D eigenvalue weighted by atomic mass is 16.6. The predicted molar refractivity (Wildman–Crippen MR) is 183 cm³/mol. The fourth-order valence-electron chi connectivity index (χ4n) is 3.98. The molecule has 0 aliphatic rings. The normalized spacial score (nSPS) is 11.0. The molecule has 0 bridgehead atoms.